The fourth-order valence-electron chi connectivity index (χ4n) is 2.20. The average Bonchev–Trinajstić information content (AvgIpc) is 2.71. The molecule has 0 radical (unpaired) electrons. The molecule has 0 amide bonds. The van der Waals surface area contributed by atoms with Crippen molar-refractivity contribution in [1.29, 1.82) is 0 Å². The first kappa shape index (κ1) is 13.9. The van der Waals surface area contributed by atoms with Gasteiger partial charge >= 0.3 is 0 Å². The minimum atomic E-state index is 0.0577. The SMILES string of the molecule is COC1(Cc2nnc(CNCC(C)C)s2)CCC1. The topological polar surface area (TPSA) is 47.0 Å². The zero-order valence-electron chi connectivity index (χ0n) is 11.5. The Morgan fingerprint density at radius 2 is 2.06 bits per heavy atom. The Bertz CT molecular complexity index is 369. The Morgan fingerprint density at radius 1 is 1.33 bits per heavy atom. The third-order valence-corrected chi connectivity index (χ3v) is 4.43. The van der Waals surface area contributed by atoms with Gasteiger partial charge in [-0.15, -0.1) is 21.5 Å². The number of nitrogens with zero attached hydrogens (tertiary/aromatic N) is 2. The van der Waals surface area contributed by atoms with Crippen LogP contribution in [0, 0.1) is 5.92 Å². The van der Waals surface area contributed by atoms with Crippen LogP contribution in [0.1, 0.15) is 43.1 Å². The number of hydrogen-bond donors (Lipinski definition) is 1. The van der Waals surface area contributed by atoms with Gasteiger partial charge in [-0.3, -0.25) is 0 Å². The number of methoxy groups -OCH3 is 1. The summed E-state index contributed by atoms with van der Waals surface area (Å²) < 4.78 is 5.62. The molecule has 0 unspecified atom stereocenters. The first-order valence-corrected chi connectivity index (χ1v) is 7.52. The molecule has 1 heterocycles. The van der Waals surface area contributed by atoms with Crippen LogP contribution < -0.4 is 5.32 Å². The van der Waals surface area contributed by atoms with E-state index < -0.39 is 0 Å². The van der Waals surface area contributed by atoms with Gasteiger partial charge in [-0.25, -0.2) is 0 Å². The quantitative estimate of drug-likeness (QED) is 0.825. The number of ether oxygens (including phenoxy) is 1. The van der Waals surface area contributed by atoms with Crippen LogP contribution in [0.2, 0.25) is 0 Å². The zero-order chi connectivity index (χ0) is 13.0. The molecule has 1 saturated carbocycles. The fraction of sp³-hybridized carbons (Fsp3) is 0.846. The minimum absolute atomic E-state index is 0.0577. The van der Waals surface area contributed by atoms with Crippen LogP contribution in [0.3, 0.4) is 0 Å². The number of hydrogen-bond acceptors (Lipinski definition) is 5. The fourth-order valence-corrected chi connectivity index (χ4v) is 3.14. The van der Waals surface area contributed by atoms with Crippen LogP contribution in [-0.2, 0) is 17.7 Å². The number of aromatic nitrogens is 2. The normalized spacial score (nSPS) is 18.0. The number of nitrogens with one attached hydrogen (secondary N) is 1. The third-order valence-electron chi connectivity index (χ3n) is 3.51. The van der Waals surface area contributed by atoms with Gasteiger partial charge in [-0.1, -0.05) is 13.8 Å². The summed E-state index contributed by atoms with van der Waals surface area (Å²) in [5.41, 5.74) is 0.0577. The van der Waals surface area contributed by atoms with E-state index in [0.29, 0.717) is 5.92 Å². The highest BCUT2D eigenvalue weighted by Gasteiger charge is 2.38. The second kappa shape index (κ2) is 6.08. The molecule has 1 aliphatic carbocycles. The smallest absolute Gasteiger partial charge is 0.131 e. The maximum atomic E-state index is 5.62. The van der Waals surface area contributed by atoms with Crippen molar-refractivity contribution in [3.05, 3.63) is 10.0 Å². The van der Waals surface area contributed by atoms with Gasteiger partial charge < -0.3 is 10.1 Å². The second-order valence-corrected chi connectivity index (χ2v) is 6.68. The second-order valence-electron chi connectivity index (χ2n) is 5.53. The Hall–Kier alpha value is -0.520. The van der Waals surface area contributed by atoms with Gasteiger partial charge in [0.25, 0.3) is 0 Å². The first-order chi connectivity index (χ1) is 8.63. The van der Waals surface area contributed by atoms with E-state index in [4.69, 9.17) is 4.74 Å². The van der Waals surface area contributed by atoms with E-state index in [1.54, 1.807) is 11.3 Å². The van der Waals surface area contributed by atoms with Gasteiger partial charge in [0.15, 0.2) is 0 Å². The van der Waals surface area contributed by atoms with Crippen molar-refractivity contribution in [3.63, 3.8) is 0 Å². The van der Waals surface area contributed by atoms with E-state index in [1.807, 2.05) is 7.11 Å². The highest BCUT2D eigenvalue weighted by atomic mass is 32.1. The predicted molar refractivity (Wildman–Crippen MR) is 73.7 cm³/mol. The molecule has 5 heteroatoms. The maximum absolute atomic E-state index is 5.62. The molecule has 0 saturated heterocycles. The molecule has 2 rings (SSSR count). The van der Waals surface area contributed by atoms with Crippen LogP contribution in [0.4, 0.5) is 0 Å². The molecule has 1 aromatic rings. The molecule has 4 nitrogen and oxygen atoms in total. The van der Waals surface area contributed by atoms with Gasteiger partial charge in [0, 0.05) is 20.1 Å². The van der Waals surface area contributed by atoms with Crippen LogP contribution >= 0.6 is 11.3 Å². The minimum Gasteiger partial charge on any atom is -0.378 e. The first-order valence-electron chi connectivity index (χ1n) is 6.71. The Kier molecular flexibility index (Phi) is 4.70. The molecule has 1 aliphatic rings. The maximum Gasteiger partial charge on any atom is 0.131 e. The van der Waals surface area contributed by atoms with E-state index in [0.717, 1.165) is 42.4 Å². The third kappa shape index (κ3) is 3.49. The summed E-state index contributed by atoms with van der Waals surface area (Å²) in [7, 11) is 1.81. The number of rotatable bonds is 7. The van der Waals surface area contributed by atoms with Crippen molar-refractivity contribution < 1.29 is 4.74 Å². The highest BCUT2D eigenvalue weighted by molar-refractivity contribution is 7.11. The molecule has 0 aromatic carbocycles. The molecule has 102 valence electrons. The summed E-state index contributed by atoms with van der Waals surface area (Å²) >= 11 is 1.71. The summed E-state index contributed by atoms with van der Waals surface area (Å²) in [5.74, 6) is 0.670. The molecule has 18 heavy (non-hydrogen) atoms. The lowest BCUT2D eigenvalue weighted by Gasteiger charge is -2.39. The van der Waals surface area contributed by atoms with Gasteiger partial charge in [0.05, 0.1) is 5.60 Å². The lowest BCUT2D eigenvalue weighted by molar-refractivity contribution is -0.0709. The van der Waals surface area contributed by atoms with Gasteiger partial charge in [-0.2, -0.15) is 0 Å². The van der Waals surface area contributed by atoms with Crippen molar-refractivity contribution >= 4 is 11.3 Å². The Morgan fingerprint density at radius 3 is 2.61 bits per heavy atom. The summed E-state index contributed by atoms with van der Waals surface area (Å²) in [5, 5.41) is 14.1. The van der Waals surface area contributed by atoms with Crippen LogP contribution in [-0.4, -0.2) is 29.5 Å². The lowest BCUT2D eigenvalue weighted by Crippen LogP contribution is -2.41. The summed E-state index contributed by atoms with van der Waals surface area (Å²) in [6.07, 6.45) is 4.51. The van der Waals surface area contributed by atoms with Gasteiger partial charge in [-0.05, 0) is 31.7 Å². The van der Waals surface area contributed by atoms with Crippen molar-refractivity contribution in [2.75, 3.05) is 13.7 Å². The summed E-state index contributed by atoms with van der Waals surface area (Å²) in [6, 6.07) is 0. The van der Waals surface area contributed by atoms with Crippen molar-refractivity contribution in [2.45, 2.75) is 51.7 Å². The van der Waals surface area contributed by atoms with Crippen LogP contribution in [0.5, 0.6) is 0 Å². The Labute approximate surface area is 113 Å². The van der Waals surface area contributed by atoms with Crippen LogP contribution in [0.25, 0.3) is 0 Å². The van der Waals surface area contributed by atoms with Gasteiger partial charge in [0.2, 0.25) is 0 Å². The predicted octanol–water partition coefficient (Wildman–Crippen LogP) is 2.40. The van der Waals surface area contributed by atoms with Crippen molar-refractivity contribution in [1.82, 2.24) is 15.5 Å². The highest BCUT2D eigenvalue weighted by Crippen LogP contribution is 2.38. The summed E-state index contributed by atoms with van der Waals surface area (Å²) in [4.78, 5) is 0. The van der Waals surface area contributed by atoms with E-state index in [1.165, 1.54) is 6.42 Å². The van der Waals surface area contributed by atoms with E-state index in [2.05, 4.69) is 29.4 Å². The molecule has 1 N–H and O–H groups in total. The molecule has 0 atom stereocenters. The molecular weight excluding hydrogens is 246 g/mol. The lowest BCUT2D eigenvalue weighted by atomic mass is 9.78. The molecule has 0 aliphatic heterocycles. The standard InChI is InChI=1S/C13H23N3OS/c1-10(2)8-14-9-12-16-15-11(18-12)7-13(17-3)5-4-6-13/h10,14H,4-9H2,1-3H3. The largest absolute Gasteiger partial charge is 0.378 e. The zero-order valence-corrected chi connectivity index (χ0v) is 12.3. The monoisotopic (exact) mass is 269 g/mol. The molecular formula is C13H23N3OS. The molecule has 1 aromatic heterocycles. The molecule has 1 fully saturated rings. The summed E-state index contributed by atoms with van der Waals surface area (Å²) in [6.45, 7) is 6.27. The van der Waals surface area contributed by atoms with Crippen LogP contribution in [0.15, 0.2) is 0 Å². The van der Waals surface area contributed by atoms with Crippen molar-refractivity contribution in [2.24, 2.45) is 5.92 Å². The van der Waals surface area contributed by atoms with E-state index in [9.17, 15) is 0 Å². The molecule has 0 spiro atoms. The average molecular weight is 269 g/mol. The van der Waals surface area contributed by atoms with Gasteiger partial charge in [0.1, 0.15) is 10.0 Å². The van der Waals surface area contributed by atoms with Crippen molar-refractivity contribution in [3.8, 4) is 0 Å². The Balaban J connectivity index is 1.82. The van der Waals surface area contributed by atoms with E-state index >= 15 is 0 Å². The van der Waals surface area contributed by atoms with E-state index in [-0.39, 0.29) is 5.60 Å². The molecule has 0 bridgehead atoms.